The van der Waals surface area contributed by atoms with E-state index in [9.17, 15) is 4.39 Å². The molecule has 0 atom stereocenters. The SMILES string of the molecule is C=CCN1CCN(c2ccc(F)cc2)CC1. The second-order valence-corrected chi connectivity index (χ2v) is 4.05. The lowest BCUT2D eigenvalue weighted by Gasteiger charge is -2.35. The van der Waals surface area contributed by atoms with Crippen LogP contribution in [0, 0.1) is 5.82 Å². The molecule has 1 aliphatic rings. The minimum Gasteiger partial charge on any atom is -0.369 e. The van der Waals surface area contributed by atoms with E-state index < -0.39 is 0 Å². The Morgan fingerprint density at radius 3 is 2.31 bits per heavy atom. The Balaban J connectivity index is 1.93. The van der Waals surface area contributed by atoms with Crippen molar-refractivity contribution in [2.45, 2.75) is 0 Å². The highest BCUT2D eigenvalue weighted by molar-refractivity contribution is 5.46. The van der Waals surface area contributed by atoms with Gasteiger partial charge in [-0.2, -0.15) is 0 Å². The summed E-state index contributed by atoms with van der Waals surface area (Å²) in [5.74, 6) is -0.172. The number of rotatable bonds is 3. The van der Waals surface area contributed by atoms with Crippen molar-refractivity contribution in [3.63, 3.8) is 0 Å². The summed E-state index contributed by atoms with van der Waals surface area (Å²) in [6, 6.07) is 6.73. The summed E-state index contributed by atoms with van der Waals surface area (Å²) in [5, 5.41) is 0. The Morgan fingerprint density at radius 1 is 1.12 bits per heavy atom. The van der Waals surface area contributed by atoms with Gasteiger partial charge in [0.05, 0.1) is 0 Å². The van der Waals surface area contributed by atoms with Crippen LogP contribution in [-0.4, -0.2) is 37.6 Å². The molecular formula is C13H17FN2. The molecule has 0 unspecified atom stereocenters. The molecule has 1 fully saturated rings. The Kier molecular flexibility index (Phi) is 3.57. The van der Waals surface area contributed by atoms with Gasteiger partial charge in [0.2, 0.25) is 0 Å². The second kappa shape index (κ2) is 5.12. The Morgan fingerprint density at radius 2 is 1.75 bits per heavy atom. The zero-order chi connectivity index (χ0) is 11.4. The summed E-state index contributed by atoms with van der Waals surface area (Å²) < 4.78 is 12.8. The van der Waals surface area contributed by atoms with Gasteiger partial charge in [-0.05, 0) is 24.3 Å². The maximum atomic E-state index is 12.8. The third kappa shape index (κ3) is 2.61. The van der Waals surface area contributed by atoms with Crippen LogP contribution in [0.2, 0.25) is 0 Å². The first kappa shape index (κ1) is 11.1. The number of halogens is 1. The molecule has 1 heterocycles. The lowest BCUT2D eigenvalue weighted by Crippen LogP contribution is -2.46. The Bertz CT molecular complexity index is 339. The predicted molar refractivity (Wildman–Crippen MR) is 65.3 cm³/mol. The molecule has 0 aliphatic carbocycles. The summed E-state index contributed by atoms with van der Waals surface area (Å²) in [7, 11) is 0. The largest absolute Gasteiger partial charge is 0.369 e. The lowest BCUT2D eigenvalue weighted by atomic mass is 10.2. The molecule has 0 bridgehead atoms. The van der Waals surface area contributed by atoms with Crippen LogP contribution in [-0.2, 0) is 0 Å². The first-order valence-electron chi connectivity index (χ1n) is 5.63. The van der Waals surface area contributed by atoms with Gasteiger partial charge in [-0.1, -0.05) is 6.08 Å². The van der Waals surface area contributed by atoms with E-state index in [0.29, 0.717) is 0 Å². The molecule has 1 saturated heterocycles. The third-order valence-electron chi connectivity index (χ3n) is 2.95. The van der Waals surface area contributed by atoms with E-state index in [1.54, 1.807) is 0 Å². The standard InChI is InChI=1S/C13H17FN2/c1-2-7-15-8-10-16(11-9-15)13-5-3-12(14)4-6-13/h2-6H,1,7-11H2. The van der Waals surface area contributed by atoms with E-state index in [1.165, 1.54) is 12.1 Å². The number of benzene rings is 1. The summed E-state index contributed by atoms with van der Waals surface area (Å²) in [4.78, 5) is 4.66. The third-order valence-corrected chi connectivity index (χ3v) is 2.95. The predicted octanol–water partition coefficient (Wildman–Crippen LogP) is 2.13. The van der Waals surface area contributed by atoms with E-state index >= 15 is 0 Å². The molecule has 0 radical (unpaired) electrons. The van der Waals surface area contributed by atoms with Crippen molar-refractivity contribution < 1.29 is 4.39 Å². The average molecular weight is 220 g/mol. The van der Waals surface area contributed by atoms with Gasteiger partial charge in [0.25, 0.3) is 0 Å². The smallest absolute Gasteiger partial charge is 0.123 e. The molecule has 1 aliphatic heterocycles. The molecule has 0 N–H and O–H groups in total. The molecule has 16 heavy (non-hydrogen) atoms. The highest BCUT2D eigenvalue weighted by Gasteiger charge is 2.15. The van der Waals surface area contributed by atoms with E-state index in [4.69, 9.17) is 0 Å². The number of hydrogen-bond acceptors (Lipinski definition) is 2. The number of anilines is 1. The van der Waals surface area contributed by atoms with Crippen LogP contribution in [0.25, 0.3) is 0 Å². The van der Waals surface area contributed by atoms with Crippen molar-refractivity contribution in [2.75, 3.05) is 37.6 Å². The average Bonchev–Trinajstić information content (AvgIpc) is 2.32. The van der Waals surface area contributed by atoms with Crippen molar-refractivity contribution in [1.82, 2.24) is 4.90 Å². The van der Waals surface area contributed by atoms with E-state index in [0.717, 1.165) is 38.4 Å². The topological polar surface area (TPSA) is 6.48 Å². The second-order valence-electron chi connectivity index (χ2n) is 4.05. The molecule has 0 saturated carbocycles. The summed E-state index contributed by atoms with van der Waals surface area (Å²) in [5.41, 5.74) is 1.11. The fraction of sp³-hybridized carbons (Fsp3) is 0.385. The van der Waals surface area contributed by atoms with Gasteiger partial charge in [-0.25, -0.2) is 4.39 Å². The molecule has 86 valence electrons. The van der Waals surface area contributed by atoms with Gasteiger partial charge in [0.15, 0.2) is 0 Å². The fourth-order valence-corrected chi connectivity index (χ4v) is 2.02. The van der Waals surface area contributed by atoms with Crippen molar-refractivity contribution >= 4 is 5.69 Å². The van der Waals surface area contributed by atoms with Gasteiger partial charge >= 0.3 is 0 Å². The van der Waals surface area contributed by atoms with Gasteiger partial charge in [0.1, 0.15) is 5.82 Å². The molecule has 3 heteroatoms. The highest BCUT2D eigenvalue weighted by atomic mass is 19.1. The molecule has 0 amide bonds. The minimum atomic E-state index is -0.172. The normalized spacial score (nSPS) is 17.4. The van der Waals surface area contributed by atoms with Crippen molar-refractivity contribution in [1.29, 1.82) is 0 Å². The van der Waals surface area contributed by atoms with Crippen molar-refractivity contribution in [2.24, 2.45) is 0 Å². The summed E-state index contributed by atoms with van der Waals surface area (Å²) in [6.45, 7) is 8.79. The zero-order valence-corrected chi connectivity index (χ0v) is 9.40. The lowest BCUT2D eigenvalue weighted by molar-refractivity contribution is 0.284. The van der Waals surface area contributed by atoms with Crippen LogP contribution in [0.3, 0.4) is 0 Å². The number of piperazine rings is 1. The van der Waals surface area contributed by atoms with Crippen LogP contribution in [0.4, 0.5) is 10.1 Å². The maximum Gasteiger partial charge on any atom is 0.123 e. The van der Waals surface area contributed by atoms with Crippen molar-refractivity contribution in [3.8, 4) is 0 Å². The van der Waals surface area contributed by atoms with Gasteiger partial charge in [-0.3, -0.25) is 4.90 Å². The molecule has 2 rings (SSSR count). The molecule has 1 aromatic carbocycles. The quantitative estimate of drug-likeness (QED) is 0.720. The molecule has 2 nitrogen and oxygen atoms in total. The Hall–Kier alpha value is -1.35. The zero-order valence-electron chi connectivity index (χ0n) is 9.40. The van der Waals surface area contributed by atoms with Crippen LogP contribution >= 0.6 is 0 Å². The van der Waals surface area contributed by atoms with Gasteiger partial charge in [-0.15, -0.1) is 6.58 Å². The first-order chi connectivity index (χ1) is 7.79. The summed E-state index contributed by atoms with van der Waals surface area (Å²) >= 11 is 0. The van der Waals surface area contributed by atoms with E-state index in [-0.39, 0.29) is 5.82 Å². The number of hydrogen-bond donors (Lipinski definition) is 0. The monoisotopic (exact) mass is 220 g/mol. The molecular weight excluding hydrogens is 203 g/mol. The van der Waals surface area contributed by atoms with Crippen LogP contribution in [0.1, 0.15) is 0 Å². The van der Waals surface area contributed by atoms with Crippen LogP contribution in [0.15, 0.2) is 36.9 Å². The van der Waals surface area contributed by atoms with Gasteiger partial charge < -0.3 is 4.90 Å². The summed E-state index contributed by atoms with van der Waals surface area (Å²) in [6.07, 6.45) is 1.94. The Labute approximate surface area is 96.0 Å². The van der Waals surface area contributed by atoms with Crippen molar-refractivity contribution in [3.05, 3.63) is 42.7 Å². The maximum absolute atomic E-state index is 12.8. The molecule has 1 aromatic rings. The van der Waals surface area contributed by atoms with Crippen LogP contribution < -0.4 is 4.90 Å². The molecule has 0 spiro atoms. The van der Waals surface area contributed by atoms with E-state index in [1.807, 2.05) is 18.2 Å². The molecule has 0 aromatic heterocycles. The highest BCUT2D eigenvalue weighted by Crippen LogP contribution is 2.16. The van der Waals surface area contributed by atoms with Crippen LogP contribution in [0.5, 0.6) is 0 Å². The van der Waals surface area contributed by atoms with Gasteiger partial charge in [0, 0.05) is 38.4 Å². The first-order valence-corrected chi connectivity index (χ1v) is 5.63. The minimum absolute atomic E-state index is 0.172. The van der Waals surface area contributed by atoms with E-state index in [2.05, 4.69) is 16.4 Å². The number of nitrogens with zero attached hydrogens (tertiary/aromatic N) is 2. The fourth-order valence-electron chi connectivity index (χ4n) is 2.02.